The van der Waals surface area contributed by atoms with Gasteiger partial charge < -0.3 is 9.15 Å². The Morgan fingerprint density at radius 3 is 2.47 bits per heavy atom. The number of aryl methyl sites for hydroxylation is 1. The Labute approximate surface area is 183 Å². The quantitative estimate of drug-likeness (QED) is 0.146. The number of halogens is 3. The van der Waals surface area contributed by atoms with Gasteiger partial charge in [-0.15, -0.1) is 0 Å². The number of oxazole rings is 1. The van der Waals surface area contributed by atoms with Gasteiger partial charge in [-0.25, -0.2) is 4.98 Å². The van der Waals surface area contributed by atoms with Crippen molar-refractivity contribution in [3.8, 4) is 5.75 Å². The minimum Gasteiger partial charge on any atom is -0.487 e. The van der Waals surface area contributed by atoms with Crippen LogP contribution in [-0.4, -0.2) is 11.5 Å². The Morgan fingerprint density at radius 1 is 1.03 bits per heavy atom. The molecule has 0 bridgehead atoms. The highest BCUT2D eigenvalue weighted by molar-refractivity contribution is 5.66. The first-order chi connectivity index (χ1) is 15.4. The van der Waals surface area contributed by atoms with Crippen LogP contribution in [0.15, 0.2) is 64.3 Å². The maximum absolute atomic E-state index is 12.6. The predicted octanol–water partition coefficient (Wildman–Crippen LogP) is 7.08. The van der Waals surface area contributed by atoms with Crippen LogP contribution in [-0.2, 0) is 19.2 Å². The molecular formula is C23H21F3N4O2. The molecule has 0 aliphatic heterocycles. The highest BCUT2D eigenvalue weighted by atomic mass is 19.4. The van der Waals surface area contributed by atoms with Crippen molar-refractivity contribution in [1.82, 2.24) is 4.98 Å². The normalized spacial score (nSPS) is 11.5. The summed E-state index contributed by atoms with van der Waals surface area (Å²) >= 11 is 0. The lowest BCUT2D eigenvalue weighted by molar-refractivity contribution is -0.137. The average molecular weight is 442 g/mol. The zero-order chi connectivity index (χ0) is 22.8. The first kappa shape index (κ1) is 23.0. The Bertz CT molecular complexity index is 1070. The van der Waals surface area contributed by atoms with Crippen LogP contribution in [0.3, 0.4) is 0 Å². The van der Waals surface area contributed by atoms with Crippen LogP contribution in [0, 0.1) is 0 Å². The van der Waals surface area contributed by atoms with Gasteiger partial charge >= 0.3 is 6.18 Å². The Kier molecular flexibility index (Phi) is 7.94. The van der Waals surface area contributed by atoms with Crippen LogP contribution < -0.4 is 4.74 Å². The molecule has 0 saturated carbocycles. The topological polar surface area (TPSA) is 84.0 Å². The van der Waals surface area contributed by atoms with E-state index in [9.17, 15) is 13.2 Å². The Balaban J connectivity index is 1.47. The summed E-state index contributed by atoms with van der Waals surface area (Å²) in [4.78, 5) is 7.02. The van der Waals surface area contributed by atoms with Gasteiger partial charge in [0, 0.05) is 17.5 Å². The smallest absolute Gasteiger partial charge is 0.416 e. The molecular weight excluding hydrogens is 421 g/mol. The van der Waals surface area contributed by atoms with Crippen molar-refractivity contribution in [3.05, 3.63) is 93.5 Å². The number of alkyl halides is 3. The van der Waals surface area contributed by atoms with E-state index in [1.807, 2.05) is 24.3 Å². The summed E-state index contributed by atoms with van der Waals surface area (Å²) in [5.41, 5.74) is 9.94. The van der Waals surface area contributed by atoms with Gasteiger partial charge in [-0.1, -0.05) is 29.4 Å². The molecule has 1 heterocycles. The molecule has 3 aromatic rings. The maximum atomic E-state index is 12.6. The molecule has 32 heavy (non-hydrogen) atoms. The molecule has 2 aromatic carbocycles. The molecule has 0 spiro atoms. The van der Waals surface area contributed by atoms with Crippen molar-refractivity contribution in [2.75, 3.05) is 6.54 Å². The molecule has 0 unspecified atom stereocenters. The third-order valence-electron chi connectivity index (χ3n) is 4.57. The molecule has 0 fully saturated rings. The minimum absolute atomic E-state index is 0.225. The van der Waals surface area contributed by atoms with Crippen molar-refractivity contribution < 1.29 is 22.3 Å². The SMILES string of the molecule is [N-]=[N+]=NCCCCc1ccc(OCc2coc(C=Cc3ccc(C(F)(F)F)cc3)n2)cc1. The number of hydrogen-bond donors (Lipinski definition) is 0. The largest absolute Gasteiger partial charge is 0.487 e. The van der Waals surface area contributed by atoms with Gasteiger partial charge in [-0.05, 0) is 66.3 Å². The van der Waals surface area contributed by atoms with Crippen molar-refractivity contribution in [2.45, 2.75) is 32.0 Å². The zero-order valence-electron chi connectivity index (χ0n) is 17.1. The fourth-order valence-corrected chi connectivity index (χ4v) is 2.88. The Morgan fingerprint density at radius 2 is 1.78 bits per heavy atom. The van der Waals surface area contributed by atoms with Gasteiger partial charge in [-0.3, -0.25) is 0 Å². The number of rotatable bonds is 10. The van der Waals surface area contributed by atoms with E-state index in [1.165, 1.54) is 24.0 Å². The van der Waals surface area contributed by atoms with E-state index in [-0.39, 0.29) is 6.61 Å². The van der Waals surface area contributed by atoms with Crippen LogP contribution >= 0.6 is 0 Å². The number of ether oxygens (including phenoxy) is 1. The van der Waals surface area contributed by atoms with E-state index in [0.29, 0.717) is 29.4 Å². The van der Waals surface area contributed by atoms with Crippen molar-refractivity contribution in [3.63, 3.8) is 0 Å². The van der Waals surface area contributed by atoms with Gasteiger partial charge in [-0.2, -0.15) is 13.2 Å². The van der Waals surface area contributed by atoms with Crippen LogP contribution in [0.25, 0.3) is 22.6 Å². The summed E-state index contributed by atoms with van der Waals surface area (Å²) in [7, 11) is 0. The van der Waals surface area contributed by atoms with Crippen LogP contribution in [0.2, 0.25) is 0 Å². The molecule has 0 radical (unpaired) electrons. The van der Waals surface area contributed by atoms with E-state index >= 15 is 0 Å². The summed E-state index contributed by atoms with van der Waals surface area (Å²) in [5, 5.41) is 3.52. The van der Waals surface area contributed by atoms with E-state index in [1.54, 1.807) is 12.2 Å². The third kappa shape index (κ3) is 7.21. The maximum Gasteiger partial charge on any atom is 0.416 e. The second-order valence-corrected chi connectivity index (χ2v) is 6.97. The third-order valence-corrected chi connectivity index (χ3v) is 4.57. The first-order valence-electron chi connectivity index (χ1n) is 9.96. The lowest BCUT2D eigenvalue weighted by Crippen LogP contribution is -2.03. The standard InChI is InChI=1S/C23H21F3N4O2/c24-23(25,26)19-9-4-18(5-10-19)8-13-22-29-20(16-32-22)15-31-21-11-6-17(7-12-21)3-1-2-14-28-30-27/h4-13,16H,1-3,14-15H2. The molecule has 0 amide bonds. The molecule has 1 aromatic heterocycles. The molecule has 3 rings (SSSR count). The highest BCUT2D eigenvalue weighted by Gasteiger charge is 2.29. The van der Waals surface area contributed by atoms with Gasteiger partial charge in [0.25, 0.3) is 0 Å². The summed E-state index contributed by atoms with van der Waals surface area (Å²) in [6.07, 6.45) is 3.04. The second kappa shape index (κ2) is 11.1. The van der Waals surface area contributed by atoms with Crippen LogP contribution in [0.1, 0.15) is 41.1 Å². The number of benzene rings is 2. The molecule has 0 aliphatic carbocycles. The van der Waals surface area contributed by atoms with Crippen LogP contribution in [0.5, 0.6) is 5.75 Å². The molecule has 166 valence electrons. The van der Waals surface area contributed by atoms with Gasteiger partial charge in [0.05, 0.1) is 5.56 Å². The number of aromatic nitrogens is 1. The van der Waals surface area contributed by atoms with E-state index in [2.05, 4.69) is 15.0 Å². The fraction of sp³-hybridized carbons (Fsp3) is 0.261. The number of azide groups is 1. The fourth-order valence-electron chi connectivity index (χ4n) is 2.88. The van der Waals surface area contributed by atoms with Gasteiger partial charge in [0.2, 0.25) is 5.89 Å². The first-order valence-corrected chi connectivity index (χ1v) is 9.96. The van der Waals surface area contributed by atoms with E-state index in [4.69, 9.17) is 14.7 Å². The number of hydrogen-bond acceptors (Lipinski definition) is 4. The molecule has 0 saturated heterocycles. The molecule has 0 N–H and O–H groups in total. The molecule has 6 nitrogen and oxygen atoms in total. The summed E-state index contributed by atoms with van der Waals surface area (Å²) < 4.78 is 48.9. The van der Waals surface area contributed by atoms with Gasteiger partial charge in [0.15, 0.2) is 0 Å². The second-order valence-electron chi connectivity index (χ2n) is 6.97. The van der Waals surface area contributed by atoms with Crippen molar-refractivity contribution >= 4 is 12.2 Å². The lowest BCUT2D eigenvalue weighted by atomic mass is 10.1. The average Bonchev–Trinajstić information content (AvgIpc) is 3.24. The van der Waals surface area contributed by atoms with Crippen molar-refractivity contribution in [2.24, 2.45) is 5.11 Å². The monoisotopic (exact) mass is 442 g/mol. The predicted molar refractivity (Wildman–Crippen MR) is 115 cm³/mol. The summed E-state index contributed by atoms with van der Waals surface area (Å²) in [6.45, 7) is 0.736. The molecule has 9 heteroatoms. The van der Waals surface area contributed by atoms with E-state index < -0.39 is 11.7 Å². The number of nitrogens with zero attached hydrogens (tertiary/aromatic N) is 4. The lowest BCUT2D eigenvalue weighted by Gasteiger charge is -2.05. The minimum atomic E-state index is -4.35. The van der Waals surface area contributed by atoms with Gasteiger partial charge in [0.1, 0.15) is 24.3 Å². The van der Waals surface area contributed by atoms with Crippen LogP contribution in [0.4, 0.5) is 13.2 Å². The zero-order valence-corrected chi connectivity index (χ0v) is 17.1. The molecule has 0 aliphatic rings. The summed E-state index contributed by atoms with van der Waals surface area (Å²) in [5.74, 6) is 1.03. The van der Waals surface area contributed by atoms with Crippen molar-refractivity contribution in [1.29, 1.82) is 0 Å². The highest BCUT2D eigenvalue weighted by Crippen LogP contribution is 2.29. The number of unbranched alkanes of at least 4 members (excludes halogenated alkanes) is 1. The molecule has 0 atom stereocenters. The van der Waals surface area contributed by atoms with E-state index in [0.717, 1.165) is 31.4 Å². The Hall–Kier alpha value is -3.71. The summed E-state index contributed by atoms with van der Waals surface area (Å²) in [6, 6.07) is 12.6.